The van der Waals surface area contributed by atoms with E-state index in [1.165, 1.54) is 0 Å². The van der Waals surface area contributed by atoms with Gasteiger partial charge < -0.3 is 112 Å². The number of esters is 1. The summed E-state index contributed by atoms with van der Waals surface area (Å²) in [5, 5.41) is 43.3. The van der Waals surface area contributed by atoms with Crippen LogP contribution in [0.4, 0.5) is 0 Å². The number of carboxylic acids is 1. The van der Waals surface area contributed by atoms with E-state index >= 15 is 0 Å². The molecule has 0 spiro atoms. The molecular weight excluding hydrogens is 1920 g/mol. The number of hydrogen-bond acceptors (Lipinski definition) is 25. The molecule has 7 aromatic rings. The van der Waals surface area contributed by atoms with E-state index in [0.29, 0.717) is 162 Å². The maximum Gasteiger partial charge on any atom is 0.306 e. The van der Waals surface area contributed by atoms with Crippen LogP contribution in [0.15, 0.2) is 176 Å². The fraction of sp³-hybridized carbons (Fsp3) is 0.477. The highest BCUT2D eigenvalue weighted by atomic mass is 16.5. The van der Waals surface area contributed by atoms with Crippen LogP contribution in [0.5, 0.6) is 11.5 Å². The molecule has 38 nitrogen and oxygen atoms in total. The predicted molar refractivity (Wildman–Crippen MR) is 559 cm³/mol. The zero-order valence-corrected chi connectivity index (χ0v) is 86.7. The van der Waals surface area contributed by atoms with Gasteiger partial charge >= 0.3 is 11.9 Å². The lowest BCUT2D eigenvalue weighted by Gasteiger charge is -2.34. The van der Waals surface area contributed by atoms with Crippen LogP contribution >= 0.6 is 0 Å². The molecule has 149 heavy (non-hydrogen) atoms. The summed E-state index contributed by atoms with van der Waals surface area (Å²) in [5.74, 6) is -3.79. The van der Waals surface area contributed by atoms with Gasteiger partial charge in [-0.3, -0.25) is 76.7 Å². The van der Waals surface area contributed by atoms with Crippen molar-refractivity contribution >= 4 is 94.4 Å². The van der Waals surface area contributed by atoms with E-state index in [-0.39, 0.29) is 246 Å². The van der Waals surface area contributed by atoms with Crippen molar-refractivity contribution < 1.29 is 124 Å². The normalized spacial score (nSPS) is 11.0. The first kappa shape index (κ1) is 123. The first-order valence-corrected chi connectivity index (χ1v) is 50.8. The molecule has 0 atom stereocenters. The van der Waals surface area contributed by atoms with Crippen LogP contribution < -0.4 is 73.3 Å². The van der Waals surface area contributed by atoms with Gasteiger partial charge in [-0.1, -0.05) is 101 Å². The summed E-state index contributed by atoms with van der Waals surface area (Å²) in [7, 11) is 3.09. The van der Waals surface area contributed by atoms with Crippen molar-refractivity contribution in [2.45, 2.75) is 187 Å². The first-order valence-electron chi connectivity index (χ1n) is 50.8. The van der Waals surface area contributed by atoms with Gasteiger partial charge in [0.15, 0.2) is 0 Å². The van der Waals surface area contributed by atoms with E-state index in [4.69, 9.17) is 47.7 Å². The topological polar surface area (TPSA) is 521 Å². The zero-order chi connectivity index (χ0) is 108. The van der Waals surface area contributed by atoms with Crippen LogP contribution in [0.25, 0.3) is 0 Å². The van der Waals surface area contributed by atoms with E-state index in [1.54, 1.807) is 111 Å². The SMILES string of the molecule is COc1ccc(C(=O)NCCCCC(=O)CCOCC(COCCC(=O)NCCCNC(=O)c2ccc(C)cc2)(COCCC(=O)NCCCNC(=O)c2ccc(C)cc2)NC(=O)CCCC(=O)O)cc1.COc1ccc(C(=O)NCCCCC(=O)CCOCC(COCCC(=O)NCCCNC(=O)c2ccc(C)cc2)(COCCC(=O)NCCCNC(=O)c2ccc(C)cc2)NC(=O)CCCC(=O)OCc2ccccc2)cc1. The second-order valence-electron chi connectivity index (χ2n) is 36.0. The van der Waals surface area contributed by atoms with Gasteiger partial charge in [0.1, 0.15) is 40.8 Å². The average Bonchev–Trinajstić information content (AvgIpc) is 0.850. The molecule has 12 amide bonds. The summed E-state index contributed by atoms with van der Waals surface area (Å²) < 4.78 is 51.7. The Bertz CT molecular complexity index is 5070. The lowest BCUT2D eigenvalue weighted by Crippen LogP contribution is -2.58. The molecule has 0 aliphatic rings. The number of aliphatic carboxylic acids is 1. The fourth-order valence-corrected chi connectivity index (χ4v) is 14.3. The molecule has 7 rings (SSSR count). The molecule has 38 heteroatoms. The number of carbonyl (C=O) groups is 16. The Hall–Kier alpha value is -14.2. The van der Waals surface area contributed by atoms with Crippen molar-refractivity contribution in [2.24, 2.45) is 0 Å². The highest BCUT2D eigenvalue weighted by Crippen LogP contribution is 2.19. The number of unbranched alkanes of at least 4 members (excludes halogenated alkanes) is 2. The van der Waals surface area contributed by atoms with E-state index in [0.717, 1.165) is 27.8 Å². The minimum absolute atomic E-state index is 0.000324. The number of benzene rings is 7. The Morgan fingerprint density at radius 3 is 0.765 bits per heavy atom. The van der Waals surface area contributed by atoms with Gasteiger partial charge in [-0.2, -0.15) is 0 Å². The number of aryl methyl sites for hydroxylation is 4. The van der Waals surface area contributed by atoms with Crippen LogP contribution in [0.3, 0.4) is 0 Å². The Balaban J connectivity index is 0.000000457. The van der Waals surface area contributed by atoms with Crippen molar-refractivity contribution in [3.8, 4) is 11.5 Å². The summed E-state index contributed by atoms with van der Waals surface area (Å²) in [6.07, 6.45) is 4.54. The van der Waals surface area contributed by atoms with Crippen LogP contribution in [-0.2, 0) is 87.7 Å². The average molecular weight is 2070 g/mol. The number of hydrogen-bond donors (Lipinski definition) is 13. The molecule has 0 unspecified atom stereocenters. The van der Waals surface area contributed by atoms with Crippen LogP contribution in [0.2, 0.25) is 0 Å². The maximum absolute atomic E-state index is 13.7. The summed E-state index contributed by atoms with van der Waals surface area (Å²) in [5.41, 5.74) is 5.44. The Labute approximate surface area is 872 Å². The summed E-state index contributed by atoms with van der Waals surface area (Å²) in [6, 6.07) is 51.5. The van der Waals surface area contributed by atoms with Gasteiger partial charge in [-0.15, -0.1) is 0 Å². The minimum atomic E-state index is -1.37. The molecule has 0 saturated carbocycles. The van der Waals surface area contributed by atoms with Gasteiger partial charge in [-0.05, 0) is 195 Å². The Kier molecular flexibility index (Phi) is 60.5. The second kappa shape index (κ2) is 73.0. The predicted octanol–water partition coefficient (Wildman–Crippen LogP) is 9.63. The lowest BCUT2D eigenvalue weighted by molar-refractivity contribution is -0.145. The Morgan fingerprint density at radius 2 is 0.497 bits per heavy atom. The number of carbonyl (C=O) groups excluding carboxylic acids is 15. The highest BCUT2D eigenvalue weighted by molar-refractivity contribution is 5.97. The first-order chi connectivity index (χ1) is 71.9. The third-order valence-corrected chi connectivity index (χ3v) is 23.0. The van der Waals surface area contributed by atoms with Crippen molar-refractivity contribution in [2.75, 3.05) is 159 Å². The molecule has 0 aliphatic carbocycles. The molecule has 7 aromatic carbocycles. The number of amides is 12. The third-order valence-electron chi connectivity index (χ3n) is 23.0. The highest BCUT2D eigenvalue weighted by Gasteiger charge is 2.36. The monoisotopic (exact) mass is 2070 g/mol. The summed E-state index contributed by atoms with van der Waals surface area (Å²) >= 11 is 0. The molecule has 810 valence electrons. The van der Waals surface area contributed by atoms with Crippen LogP contribution in [-0.4, -0.2) is 270 Å². The van der Waals surface area contributed by atoms with Gasteiger partial charge in [0.05, 0.1) is 93.5 Å². The van der Waals surface area contributed by atoms with E-state index in [2.05, 4.69) is 63.8 Å². The number of Topliss-reactive ketones (excluding diaryl/α,β-unsaturated/α-hetero) is 2. The Morgan fingerprint density at radius 1 is 0.248 bits per heavy atom. The van der Waals surface area contributed by atoms with Gasteiger partial charge in [0.2, 0.25) is 35.4 Å². The minimum Gasteiger partial charge on any atom is -0.497 e. The smallest absolute Gasteiger partial charge is 0.306 e. The number of ether oxygens (including phenoxy) is 9. The number of ketones is 2. The van der Waals surface area contributed by atoms with Crippen molar-refractivity contribution in [3.05, 3.63) is 237 Å². The standard InChI is InChI=1S/C59H78N6O13.C52H72N6O13/c1-44-17-21-47(22-18-44)56(71)63-35-10-33-60-52(67)30-38-76-42-59(65-54(69)15-9-16-55(70)78-40-46-12-5-4-6-13-46,43-77-39-31-53(68)61-34-11-36-64-57(72)48-23-19-45(2)20-24-48)41-75-37-29-50(66)14-7-8-32-62-58(73)49-25-27-51(74-3)28-26-49;1-38-12-16-40(17-13-38)49(65)56-30-7-28-53-45(60)25-33-70-36-52(58-47(62)10-6-11-48(63)64,37-71-34-26-46(61)54-29-8-31-57-50(66)41-18-14-39(2)15-19-41)35-69-32-24-43(59)9-4-5-27-55-51(67)42-20-22-44(68-3)23-21-42/h4-6,12-13,17-28H,7-11,14-16,29-43H2,1-3H3,(H,60,67)(H,61,68)(H,62,73)(H,63,71)(H,64,72)(H,65,69);12-23H,4-11,24-37H2,1-3H3,(H,53,60)(H,54,61)(H,55,67)(H,56,65)(H,57,66)(H,58,62)(H,63,64). The molecule has 0 radical (unpaired) electrons. The van der Waals surface area contributed by atoms with Gasteiger partial charge in [0, 0.05) is 176 Å². The zero-order valence-electron chi connectivity index (χ0n) is 86.7. The molecule has 0 aliphatic heterocycles. The number of nitrogens with one attached hydrogen (secondary N) is 12. The largest absolute Gasteiger partial charge is 0.497 e. The summed E-state index contributed by atoms with van der Waals surface area (Å²) in [6.45, 7) is 9.92. The maximum atomic E-state index is 13.7. The molecule has 0 heterocycles. The second-order valence-corrected chi connectivity index (χ2v) is 36.0. The third kappa shape index (κ3) is 55.4. The van der Waals surface area contributed by atoms with Crippen molar-refractivity contribution in [1.82, 2.24) is 63.8 Å². The number of rotatable bonds is 76. The summed E-state index contributed by atoms with van der Waals surface area (Å²) in [4.78, 5) is 202. The van der Waals surface area contributed by atoms with E-state index in [1.807, 2.05) is 107 Å². The quantitative estimate of drug-likeness (QED) is 0.0125. The van der Waals surface area contributed by atoms with Crippen LogP contribution in [0, 0.1) is 27.7 Å². The van der Waals surface area contributed by atoms with Crippen molar-refractivity contribution in [3.63, 3.8) is 0 Å². The molecule has 0 saturated heterocycles. The van der Waals surface area contributed by atoms with E-state index < -0.39 is 34.8 Å². The molecule has 13 N–H and O–H groups in total. The molecule has 0 fully saturated rings. The fourth-order valence-electron chi connectivity index (χ4n) is 14.3. The number of carboxylic acid groups (broad SMARTS) is 1. The number of methoxy groups -OCH3 is 2. The molecular formula is C111H150N12O26. The van der Waals surface area contributed by atoms with Gasteiger partial charge in [-0.25, -0.2) is 0 Å². The lowest BCUT2D eigenvalue weighted by atomic mass is 10.0. The van der Waals surface area contributed by atoms with Crippen LogP contribution in [0.1, 0.15) is 231 Å². The van der Waals surface area contributed by atoms with Gasteiger partial charge in [0.25, 0.3) is 35.4 Å². The van der Waals surface area contributed by atoms with E-state index in [9.17, 15) is 76.7 Å². The molecule has 0 bridgehead atoms. The molecule has 0 aromatic heterocycles. The van der Waals surface area contributed by atoms with Crippen molar-refractivity contribution in [1.29, 1.82) is 0 Å².